The smallest absolute Gasteiger partial charge is 0.410 e. The number of carbonyl (C=O) groups is 3. The van der Waals surface area contributed by atoms with Gasteiger partial charge in [0.25, 0.3) is 5.91 Å². The van der Waals surface area contributed by atoms with E-state index in [0.717, 1.165) is 37.9 Å². The highest BCUT2D eigenvalue weighted by molar-refractivity contribution is 5.98. The van der Waals surface area contributed by atoms with Crippen LogP contribution in [-0.4, -0.2) is 53.4 Å². The van der Waals surface area contributed by atoms with Gasteiger partial charge >= 0.3 is 6.09 Å². The number of rotatable bonds is 5. The van der Waals surface area contributed by atoms with Crippen LogP contribution in [-0.2, 0) is 16.1 Å². The van der Waals surface area contributed by atoms with Crippen LogP contribution < -0.4 is 5.32 Å². The van der Waals surface area contributed by atoms with E-state index in [1.807, 2.05) is 35.2 Å². The number of carbonyl (C=O) groups excluding carboxylic acids is 3. The number of likely N-dealkylation sites (tertiary alicyclic amines) is 2. The molecule has 2 saturated heterocycles. The van der Waals surface area contributed by atoms with Gasteiger partial charge in [-0.15, -0.1) is 0 Å². The van der Waals surface area contributed by atoms with Crippen molar-refractivity contribution >= 4 is 23.6 Å². The van der Waals surface area contributed by atoms with E-state index in [2.05, 4.69) is 5.32 Å². The fourth-order valence-corrected chi connectivity index (χ4v) is 4.26. The first-order chi connectivity index (χ1) is 15.6. The Labute approximate surface area is 188 Å². The molecule has 4 rings (SSSR count). The second-order valence-corrected chi connectivity index (χ2v) is 8.31. The largest absolute Gasteiger partial charge is 0.445 e. The van der Waals surface area contributed by atoms with Crippen LogP contribution in [0.5, 0.6) is 0 Å². The van der Waals surface area contributed by atoms with Gasteiger partial charge < -0.3 is 15.0 Å². The van der Waals surface area contributed by atoms with Gasteiger partial charge in [0.15, 0.2) is 0 Å². The van der Waals surface area contributed by atoms with Crippen LogP contribution in [0.15, 0.2) is 54.6 Å². The highest BCUT2D eigenvalue weighted by atomic mass is 16.6. The van der Waals surface area contributed by atoms with Gasteiger partial charge in [-0.05, 0) is 61.9 Å². The lowest BCUT2D eigenvalue weighted by Crippen LogP contribution is -2.43. The molecular formula is C25H29N3O4. The van der Waals surface area contributed by atoms with Crippen molar-refractivity contribution in [3.63, 3.8) is 0 Å². The highest BCUT2D eigenvalue weighted by Crippen LogP contribution is 2.21. The molecule has 2 aliphatic heterocycles. The van der Waals surface area contributed by atoms with Crippen molar-refractivity contribution in [2.24, 2.45) is 0 Å². The first kappa shape index (κ1) is 21.9. The summed E-state index contributed by atoms with van der Waals surface area (Å²) in [5.74, 6) is -0.208. The van der Waals surface area contributed by atoms with Crippen molar-refractivity contribution in [1.82, 2.24) is 9.80 Å². The topological polar surface area (TPSA) is 79.0 Å². The van der Waals surface area contributed by atoms with Crippen molar-refractivity contribution in [2.45, 2.75) is 44.8 Å². The van der Waals surface area contributed by atoms with Crippen LogP contribution in [0.1, 0.15) is 48.0 Å². The number of benzene rings is 2. The third-order valence-electron chi connectivity index (χ3n) is 6.04. The lowest BCUT2D eigenvalue weighted by molar-refractivity contribution is -0.120. The summed E-state index contributed by atoms with van der Waals surface area (Å²) in [6.07, 6.45) is 4.14. The SMILES string of the molecule is O=C(Nc1ccc(C(=O)N2CCCCC2)cc1)C1CCCN1C(=O)OCc1ccccc1. The fourth-order valence-electron chi connectivity index (χ4n) is 4.26. The van der Waals surface area contributed by atoms with E-state index in [4.69, 9.17) is 4.74 Å². The molecule has 2 aliphatic rings. The van der Waals surface area contributed by atoms with Crippen LogP contribution >= 0.6 is 0 Å². The minimum Gasteiger partial charge on any atom is -0.445 e. The number of hydrogen-bond acceptors (Lipinski definition) is 4. The summed E-state index contributed by atoms with van der Waals surface area (Å²) in [5, 5.41) is 2.87. The fraction of sp³-hybridized carbons (Fsp3) is 0.400. The van der Waals surface area contributed by atoms with E-state index >= 15 is 0 Å². The summed E-state index contributed by atoms with van der Waals surface area (Å²) < 4.78 is 5.41. The van der Waals surface area contributed by atoms with Crippen LogP contribution in [0, 0.1) is 0 Å². The molecule has 2 heterocycles. The van der Waals surface area contributed by atoms with Gasteiger partial charge in [0.1, 0.15) is 12.6 Å². The second-order valence-electron chi connectivity index (χ2n) is 8.31. The maximum atomic E-state index is 12.8. The predicted octanol–water partition coefficient (Wildman–Crippen LogP) is 4.05. The molecule has 3 amide bonds. The second kappa shape index (κ2) is 10.3. The molecule has 1 atom stereocenters. The van der Waals surface area contributed by atoms with Crippen molar-refractivity contribution in [3.05, 3.63) is 65.7 Å². The number of ether oxygens (including phenoxy) is 1. The minimum atomic E-state index is -0.562. The average molecular weight is 436 g/mol. The summed E-state index contributed by atoms with van der Waals surface area (Å²) in [6, 6.07) is 15.9. The monoisotopic (exact) mass is 435 g/mol. The lowest BCUT2D eigenvalue weighted by atomic mass is 10.1. The number of amides is 3. The van der Waals surface area contributed by atoms with Crippen molar-refractivity contribution in [3.8, 4) is 0 Å². The first-order valence-corrected chi connectivity index (χ1v) is 11.3. The summed E-state index contributed by atoms with van der Waals surface area (Å²) >= 11 is 0. The molecule has 0 aliphatic carbocycles. The Bertz CT molecular complexity index is 939. The maximum absolute atomic E-state index is 12.8. The number of anilines is 1. The van der Waals surface area contributed by atoms with E-state index in [1.165, 1.54) is 11.3 Å². The normalized spacial score (nSPS) is 18.3. The zero-order valence-electron chi connectivity index (χ0n) is 18.2. The number of hydrogen-bond donors (Lipinski definition) is 1. The molecule has 0 radical (unpaired) electrons. The molecular weight excluding hydrogens is 406 g/mol. The van der Waals surface area contributed by atoms with Crippen LogP contribution in [0.4, 0.5) is 10.5 Å². The van der Waals surface area contributed by atoms with Crippen molar-refractivity contribution in [2.75, 3.05) is 25.0 Å². The number of nitrogens with zero attached hydrogens (tertiary/aromatic N) is 2. The highest BCUT2D eigenvalue weighted by Gasteiger charge is 2.35. The molecule has 32 heavy (non-hydrogen) atoms. The van der Waals surface area contributed by atoms with Gasteiger partial charge in [0.2, 0.25) is 5.91 Å². The Kier molecular flexibility index (Phi) is 7.04. The van der Waals surface area contributed by atoms with Gasteiger partial charge in [-0.2, -0.15) is 0 Å². The zero-order valence-corrected chi connectivity index (χ0v) is 18.2. The van der Waals surface area contributed by atoms with Gasteiger partial charge in [0, 0.05) is 30.9 Å². The molecule has 2 aromatic rings. The molecule has 0 bridgehead atoms. The molecule has 168 valence electrons. The van der Waals surface area contributed by atoms with Crippen molar-refractivity contribution < 1.29 is 19.1 Å². The maximum Gasteiger partial charge on any atom is 0.410 e. The molecule has 0 aromatic heterocycles. The van der Waals surface area contributed by atoms with E-state index in [1.54, 1.807) is 24.3 Å². The summed E-state index contributed by atoms with van der Waals surface area (Å²) in [4.78, 5) is 41.4. The standard InChI is InChI=1S/C25H29N3O4/c29-23(22-10-7-17-28(22)25(31)32-18-19-8-3-1-4-9-19)26-21-13-11-20(12-14-21)24(30)27-15-5-2-6-16-27/h1,3-4,8-9,11-14,22H,2,5-7,10,15-18H2,(H,26,29). The third kappa shape index (κ3) is 5.28. The lowest BCUT2D eigenvalue weighted by Gasteiger charge is -2.26. The van der Waals surface area contributed by atoms with Crippen LogP contribution in [0.3, 0.4) is 0 Å². The van der Waals surface area contributed by atoms with Gasteiger partial charge in [-0.1, -0.05) is 30.3 Å². The van der Waals surface area contributed by atoms with Crippen LogP contribution in [0.25, 0.3) is 0 Å². The molecule has 2 fully saturated rings. The Balaban J connectivity index is 1.32. The minimum absolute atomic E-state index is 0.0331. The van der Waals surface area contributed by atoms with E-state index in [0.29, 0.717) is 24.2 Å². The summed E-state index contributed by atoms with van der Waals surface area (Å²) in [5.41, 5.74) is 2.13. The Morgan fingerprint density at radius 2 is 1.59 bits per heavy atom. The van der Waals surface area contributed by atoms with E-state index < -0.39 is 12.1 Å². The first-order valence-electron chi connectivity index (χ1n) is 11.3. The Morgan fingerprint density at radius 1 is 0.875 bits per heavy atom. The molecule has 1 N–H and O–H groups in total. The van der Waals surface area contributed by atoms with Crippen LogP contribution in [0.2, 0.25) is 0 Å². The number of piperidine rings is 1. The van der Waals surface area contributed by atoms with Gasteiger partial charge in [-0.3, -0.25) is 14.5 Å². The van der Waals surface area contributed by atoms with E-state index in [-0.39, 0.29) is 18.4 Å². The summed E-state index contributed by atoms with van der Waals surface area (Å²) in [7, 11) is 0. The molecule has 7 nitrogen and oxygen atoms in total. The average Bonchev–Trinajstić information content (AvgIpc) is 3.34. The molecule has 1 unspecified atom stereocenters. The zero-order chi connectivity index (χ0) is 22.3. The molecule has 0 saturated carbocycles. The molecule has 7 heteroatoms. The van der Waals surface area contributed by atoms with E-state index in [9.17, 15) is 14.4 Å². The number of nitrogens with one attached hydrogen (secondary N) is 1. The molecule has 0 spiro atoms. The molecule has 2 aromatic carbocycles. The predicted molar refractivity (Wildman–Crippen MR) is 121 cm³/mol. The van der Waals surface area contributed by atoms with Gasteiger partial charge in [-0.25, -0.2) is 4.79 Å². The third-order valence-corrected chi connectivity index (χ3v) is 6.04. The Hall–Kier alpha value is -3.35. The quantitative estimate of drug-likeness (QED) is 0.768. The summed E-state index contributed by atoms with van der Waals surface area (Å²) in [6.45, 7) is 2.27. The van der Waals surface area contributed by atoms with Crippen molar-refractivity contribution in [1.29, 1.82) is 0 Å². The Morgan fingerprint density at radius 3 is 2.31 bits per heavy atom. The van der Waals surface area contributed by atoms with Gasteiger partial charge in [0.05, 0.1) is 0 Å².